The summed E-state index contributed by atoms with van der Waals surface area (Å²) in [6.45, 7) is 0. The van der Waals surface area contributed by atoms with Crippen molar-refractivity contribution < 1.29 is 9.53 Å². The van der Waals surface area contributed by atoms with E-state index in [-0.39, 0.29) is 5.91 Å². The van der Waals surface area contributed by atoms with Crippen LogP contribution in [0.2, 0.25) is 0 Å². The number of carbonyl (C=O) groups excluding carboxylic acids is 1. The molecule has 0 aliphatic heterocycles. The molecule has 4 rings (SSSR count). The summed E-state index contributed by atoms with van der Waals surface area (Å²) in [5, 5.41) is 4.76. The maximum atomic E-state index is 12.7. The molecule has 0 radical (unpaired) electrons. The Morgan fingerprint density at radius 2 is 2.04 bits per heavy atom. The number of methoxy groups -OCH3 is 1. The largest absolute Gasteiger partial charge is 0.497 e. The normalized spacial score (nSPS) is 10.9. The number of benzene rings is 2. The second-order valence-electron chi connectivity index (χ2n) is 5.45. The van der Waals surface area contributed by atoms with Crippen LogP contribution < -0.4 is 10.1 Å². The van der Waals surface area contributed by atoms with Crippen molar-refractivity contribution in [1.29, 1.82) is 0 Å². The van der Waals surface area contributed by atoms with E-state index >= 15 is 0 Å². The van der Waals surface area contributed by atoms with Gasteiger partial charge in [-0.05, 0) is 30.3 Å². The van der Waals surface area contributed by atoms with Crippen LogP contribution in [0.3, 0.4) is 0 Å². The van der Waals surface area contributed by atoms with Gasteiger partial charge in [0.25, 0.3) is 5.91 Å². The van der Waals surface area contributed by atoms with E-state index in [1.807, 2.05) is 48.5 Å². The van der Waals surface area contributed by atoms with E-state index in [1.165, 1.54) is 0 Å². The van der Waals surface area contributed by atoms with E-state index in [1.54, 1.807) is 19.5 Å². The van der Waals surface area contributed by atoms with Crippen LogP contribution >= 0.6 is 0 Å². The smallest absolute Gasteiger partial charge is 0.257 e. The lowest BCUT2D eigenvalue weighted by atomic mass is 10.1. The van der Waals surface area contributed by atoms with Gasteiger partial charge in [-0.1, -0.05) is 18.2 Å². The maximum absolute atomic E-state index is 12.7. The van der Waals surface area contributed by atoms with Crippen LogP contribution in [0.5, 0.6) is 5.75 Å². The molecule has 0 unspecified atom stereocenters. The molecule has 0 atom stereocenters. The topological polar surface area (TPSA) is 67.0 Å². The van der Waals surface area contributed by atoms with Gasteiger partial charge in [-0.3, -0.25) is 9.78 Å². The predicted octanol–water partition coefficient (Wildman–Crippen LogP) is 3.98. The highest BCUT2D eigenvalue weighted by Crippen LogP contribution is 2.26. The summed E-state index contributed by atoms with van der Waals surface area (Å²) in [5.74, 6) is 0.524. The van der Waals surface area contributed by atoms with Crippen LogP contribution in [-0.4, -0.2) is 23.0 Å². The highest BCUT2D eigenvalue weighted by atomic mass is 16.5. The number of rotatable bonds is 3. The maximum Gasteiger partial charge on any atom is 0.257 e. The summed E-state index contributed by atoms with van der Waals surface area (Å²) in [4.78, 5) is 20.2. The molecule has 2 heterocycles. The van der Waals surface area contributed by atoms with Crippen LogP contribution in [0, 0.1) is 0 Å². The van der Waals surface area contributed by atoms with E-state index in [4.69, 9.17) is 4.74 Å². The van der Waals surface area contributed by atoms with E-state index in [0.29, 0.717) is 17.0 Å². The Morgan fingerprint density at radius 3 is 2.92 bits per heavy atom. The van der Waals surface area contributed by atoms with Crippen LogP contribution in [0.1, 0.15) is 10.4 Å². The van der Waals surface area contributed by atoms with E-state index in [9.17, 15) is 4.79 Å². The molecule has 0 spiro atoms. The molecule has 2 aromatic heterocycles. The van der Waals surface area contributed by atoms with Crippen molar-refractivity contribution in [3.63, 3.8) is 0 Å². The third kappa shape index (κ3) is 2.36. The zero-order valence-electron chi connectivity index (χ0n) is 13.0. The number of carbonyl (C=O) groups is 1. The van der Waals surface area contributed by atoms with Gasteiger partial charge in [-0.15, -0.1) is 0 Å². The molecule has 1 amide bonds. The monoisotopic (exact) mass is 317 g/mol. The Bertz CT molecular complexity index is 1050. The van der Waals surface area contributed by atoms with Gasteiger partial charge >= 0.3 is 0 Å². The SMILES string of the molecule is COc1ccc2[nH]cc(C(=O)Nc3cccc4cccnc34)c2c1. The Morgan fingerprint density at radius 1 is 1.17 bits per heavy atom. The second kappa shape index (κ2) is 5.70. The fourth-order valence-corrected chi connectivity index (χ4v) is 2.81. The fraction of sp³-hybridized carbons (Fsp3) is 0.0526. The minimum atomic E-state index is -0.187. The van der Waals surface area contributed by atoms with Crippen LogP contribution in [-0.2, 0) is 0 Å². The van der Waals surface area contributed by atoms with Gasteiger partial charge in [0, 0.05) is 28.7 Å². The number of aromatic nitrogens is 2. The molecule has 0 aliphatic carbocycles. The number of nitrogens with zero attached hydrogens (tertiary/aromatic N) is 1. The Kier molecular flexibility index (Phi) is 3.39. The van der Waals surface area contributed by atoms with E-state index < -0.39 is 0 Å². The molecule has 5 nitrogen and oxygen atoms in total. The minimum Gasteiger partial charge on any atom is -0.497 e. The summed E-state index contributed by atoms with van der Waals surface area (Å²) in [5.41, 5.74) is 2.91. The van der Waals surface area contributed by atoms with Gasteiger partial charge < -0.3 is 15.0 Å². The highest BCUT2D eigenvalue weighted by molar-refractivity contribution is 6.14. The first-order valence-corrected chi connectivity index (χ1v) is 7.56. The number of H-pyrrole nitrogens is 1. The third-order valence-electron chi connectivity index (χ3n) is 4.01. The number of anilines is 1. The number of pyridine rings is 1. The van der Waals surface area contributed by atoms with Crippen molar-refractivity contribution in [2.45, 2.75) is 0 Å². The van der Waals surface area contributed by atoms with Crippen molar-refractivity contribution in [2.75, 3.05) is 12.4 Å². The number of hydrogen-bond acceptors (Lipinski definition) is 3. The molecule has 2 N–H and O–H groups in total. The molecular formula is C19H15N3O2. The number of nitrogens with one attached hydrogen (secondary N) is 2. The van der Waals surface area contributed by atoms with Gasteiger partial charge in [0.2, 0.25) is 0 Å². The molecule has 0 bridgehead atoms. The first-order valence-electron chi connectivity index (χ1n) is 7.56. The Balaban J connectivity index is 1.74. The third-order valence-corrected chi connectivity index (χ3v) is 4.01. The molecule has 0 saturated carbocycles. The van der Waals surface area contributed by atoms with Crippen LogP contribution in [0.4, 0.5) is 5.69 Å². The average molecular weight is 317 g/mol. The standard InChI is InChI=1S/C19H15N3O2/c1-24-13-7-8-16-14(10-13)15(11-21-16)19(23)22-17-6-2-4-12-5-3-9-20-18(12)17/h2-11,21H,1H3,(H,22,23). The van der Waals surface area contributed by atoms with Crippen molar-refractivity contribution >= 4 is 33.4 Å². The number of aromatic amines is 1. The van der Waals surface area contributed by atoms with Gasteiger partial charge in [0.05, 0.1) is 23.9 Å². The lowest BCUT2D eigenvalue weighted by Gasteiger charge is -2.07. The summed E-state index contributed by atoms with van der Waals surface area (Å²) in [6.07, 6.45) is 3.42. The van der Waals surface area contributed by atoms with Crippen molar-refractivity contribution in [2.24, 2.45) is 0 Å². The Labute approximate surface area is 138 Å². The molecule has 0 aliphatic rings. The molecule has 2 aromatic carbocycles. The summed E-state index contributed by atoms with van der Waals surface area (Å²) in [7, 11) is 1.61. The number of hydrogen-bond donors (Lipinski definition) is 2. The molecular weight excluding hydrogens is 302 g/mol. The summed E-state index contributed by atoms with van der Waals surface area (Å²) in [6, 6.07) is 15.2. The Hall–Kier alpha value is -3.34. The predicted molar refractivity (Wildman–Crippen MR) is 94.5 cm³/mol. The van der Waals surface area contributed by atoms with E-state index in [0.717, 1.165) is 21.8 Å². The van der Waals surface area contributed by atoms with Crippen molar-refractivity contribution in [3.8, 4) is 5.75 Å². The molecule has 118 valence electrons. The van der Waals surface area contributed by atoms with Crippen molar-refractivity contribution in [1.82, 2.24) is 9.97 Å². The molecule has 24 heavy (non-hydrogen) atoms. The van der Waals surface area contributed by atoms with Crippen molar-refractivity contribution in [3.05, 3.63) is 66.5 Å². The zero-order chi connectivity index (χ0) is 16.5. The number of fused-ring (bicyclic) bond motifs is 2. The quantitative estimate of drug-likeness (QED) is 0.600. The number of para-hydroxylation sites is 1. The average Bonchev–Trinajstić information content (AvgIpc) is 3.05. The van der Waals surface area contributed by atoms with Gasteiger partial charge in [0.1, 0.15) is 5.75 Å². The van der Waals surface area contributed by atoms with E-state index in [2.05, 4.69) is 15.3 Å². The molecule has 0 saturated heterocycles. The lowest BCUT2D eigenvalue weighted by Crippen LogP contribution is -2.11. The van der Waals surface area contributed by atoms with Crippen LogP contribution in [0.15, 0.2) is 60.9 Å². The number of ether oxygens (including phenoxy) is 1. The summed E-state index contributed by atoms with van der Waals surface area (Å²) >= 11 is 0. The van der Waals surface area contributed by atoms with Crippen LogP contribution in [0.25, 0.3) is 21.8 Å². The molecule has 0 fully saturated rings. The van der Waals surface area contributed by atoms with Gasteiger partial charge in [-0.25, -0.2) is 0 Å². The molecule has 4 aromatic rings. The van der Waals surface area contributed by atoms with Gasteiger partial charge in [0.15, 0.2) is 0 Å². The lowest BCUT2D eigenvalue weighted by molar-refractivity contribution is 0.102. The molecule has 5 heteroatoms. The zero-order valence-corrected chi connectivity index (χ0v) is 13.0. The fourth-order valence-electron chi connectivity index (χ4n) is 2.81. The highest BCUT2D eigenvalue weighted by Gasteiger charge is 2.14. The first kappa shape index (κ1) is 14.3. The second-order valence-corrected chi connectivity index (χ2v) is 5.45. The number of amides is 1. The first-order chi connectivity index (χ1) is 11.8. The van der Waals surface area contributed by atoms with Gasteiger partial charge in [-0.2, -0.15) is 0 Å². The minimum absolute atomic E-state index is 0.187. The summed E-state index contributed by atoms with van der Waals surface area (Å²) < 4.78 is 5.25.